The lowest BCUT2D eigenvalue weighted by molar-refractivity contribution is 0.106. The zero-order valence-corrected chi connectivity index (χ0v) is 14.3. The molecule has 0 aliphatic carbocycles. The summed E-state index contributed by atoms with van der Waals surface area (Å²) < 4.78 is 1.21. The molecule has 0 aromatic carbocycles. The second kappa shape index (κ2) is 7.21. The highest BCUT2D eigenvalue weighted by Gasteiger charge is 2.30. The van der Waals surface area contributed by atoms with Crippen LogP contribution in [0.15, 0.2) is 15.9 Å². The van der Waals surface area contributed by atoms with Gasteiger partial charge in [-0.1, -0.05) is 20.3 Å². The summed E-state index contributed by atoms with van der Waals surface area (Å²) in [5.41, 5.74) is 6.43. The van der Waals surface area contributed by atoms with Gasteiger partial charge in [0.1, 0.15) is 0 Å². The Hall–Kier alpha value is 0.1000. The molecule has 0 spiro atoms. The van der Waals surface area contributed by atoms with E-state index in [-0.39, 0.29) is 6.04 Å². The summed E-state index contributed by atoms with van der Waals surface area (Å²) in [6.45, 7) is 6.92. The molecule has 0 saturated carbocycles. The van der Waals surface area contributed by atoms with Crippen LogP contribution < -0.4 is 5.73 Å². The van der Waals surface area contributed by atoms with Crippen LogP contribution in [-0.2, 0) is 0 Å². The average molecular weight is 345 g/mol. The molecule has 2 rings (SSSR count). The van der Waals surface area contributed by atoms with Gasteiger partial charge >= 0.3 is 0 Å². The van der Waals surface area contributed by atoms with Crippen molar-refractivity contribution in [3.8, 4) is 0 Å². The van der Waals surface area contributed by atoms with Crippen molar-refractivity contribution in [2.75, 3.05) is 13.1 Å². The van der Waals surface area contributed by atoms with Crippen molar-refractivity contribution in [1.29, 1.82) is 0 Å². The SMILES string of the molecule is CCC1CCCN(C(c2ccc(Br)s2)C(N)CC)C1. The summed E-state index contributed by atoms with van der Waals surface area (Å²) in [6, 6.07) is 5.03. The smallest absolute Gasteiger partial charge is 0.0702 e. The number of rotatable bonds is 5. The zero-order chi connectivity index (χ0) is 13.8. The standard InChI is InChI=1S/C15H25BrN2S/c1-3-11-6-5-9-18(10-11)15(12(17)4-2)13-7-8-14(16)19-13/h7-8,11-12,15H,3-6,9-10,17H2,1-2H3. The molecule has 2 heterocycles. The van der Waals surface area contributed by atoms with E-state index in [0.717, 1.165) is 12.3 Å². The van der Waals surface area contributed by atoms with E-state index in [1.54, 1.807) is 0 Å². The maximum atomic E-state index is 6.43. The van der Waals surface area contributed by atoms with E-state index in [4.69, 9.17) is 5.73 Å². The lowest BCUT2D eigenvalue weighted by Gasteiger charge is -2.40. The third kappa shape index (κ3) is 3.81. The highest BCUT2D eigenvalue weighted by atomic mass is 79.9. The molecule has 2 nitrogen and oxygen atoms in total. The maximum absolute atomic E-state index is 6.43. The summed E-state index contributed by atoms with van der Waals surface area (Å²) in [7, 11) is 0. The van der Waals surface area contributed by atoms with Crippen molar-refractivity contribution in [2.24, 2.45) is 11.7 Å². The van der Waals surface area contributed by atoms with Crippen LogP contribution in [-0.4, -0.2) is 24.0 Å². The summed E-state index contributed by atoms with van der Waals surface area (Å²) in [5.74, 6) is 0.851. The number of nitrogens with two attached hydrogens (primary N) is 1. The van der Waals surface area contributed by atoms with E-state index < -0.39 is 0 Å². The minimum Gasteiger partial charge on any atom is -0.326 e. The summed E-state index contributed by atoms with van der Waals surface area (Å²) in [5, 5.41) is 0. The van der Waals surface area contributed by atoms with Gasteiger partial charge in [-0.15, -0.1) is 11.3 Å². The molecule has 1 aliphatic heterocycles. The number of hydrogen-bond donors (Lipinski definition) is 1. The van der Waals surface area contributed by atoms with Gasteiger partial charge in [-0.05, 0) is 59.8 Å². The van der Waals surface area contributed by atoms with Crippen LogP contribution in [0.1, 0.15) is 50.4 Å². The van der Waals surface area contributed by atoms with Crippen LogP contribution in [0.4, 0.5) is 0 Å². The second-order valence-corrected chi connectivity index (χ2v) is 8.06. The number of hydrogen-bond acceptors (Lipinski definition) is 3. The number of nitrogens with zero attached hydrogens (tertiary/aromatic N) is 1. The van der Waals surface area contributed by atoms with Crippen molar-refractivity contribution in [3.63, 3.8) is 0 Å². The molecular formula is C15H25BrN2S. The molecule has 108 valence electrons. The Morgan fingerprint density at radius 1 is 1.47 bits per heavy atom. The van der Waals surface area contributed by atoms with Crippen molar-refractivity contribution >= 4 is 27.3 Å². The zero-order valence-electron chi connectivity index (χ0n) is 11.9. The molecule has 1 aliphatic rings. The average Bonchev–Trinajstić information content (AvgIpc) is 2.85. The molecule has 3 unspecified atom stereocenters. The molecule has 0 radical (unpaired) electrons. The van der Waals surface area contributed by atoms with E-state index in [0.29, 0.717) is 6.04 Å². The Balaban J connectivity index is 2.17. The first-order valence-electron chi connectivity index (χ1n) is 7.40. The molecule has 1 aromatic heterocycles. The fourth-order valence-electron chi connectivity index (χ4n) is 3.06. The van der Waals surface area contributed by atoms with Crippen molar-refractivity contribution < 1.29 is 0 Å². The molecule has 1 saturated heterocycles. The fraction of sp³-hybridized carbons (Fsp3) is 0.733. The topological polar surface area (TPSA) is 29.3 Å². The predicted octanol–water partition coefficient (Wildman–Crippen LogP) is 4.41. The van der Waals surface area contributed by atoms with Crippen LogP contribution in [0.5, 0.6) is 0 Å². The van der Waals surface area contributed by atoms with Crippen molar-refractivity contribution in [3.05, 3.63) is 20.8 Å². The van der Waals surface area contributed by atoms with Gasteiger partial charge in [-0.25, -0.2) is 0 Å². The predicted molar refractivity (Wildman–Crippen MR) is 87.6 cm³/mol. The van der Waals surface area contributed by atoms with Crippen LogP contribution >= 0.6 is 27.3 Å². The molecule has 0 bridgehead atoms. The van der Waals surface area contributed by atoms with Gasteiger partial charge < -0.3 is 5.73 Å². The Morgan fingerprint density at radius 3 is 2.84 bits per heavy atom. The number of likely N-dealkylation sites (tertiary alicyclic amines) is 1. The van der Waals surface area contributed by atoms with Gasteiger partial charge in [-0.2, -0.15) is 0 Å². The molecule has 1 fully saturated rings. The third-order valence-electron chi connectivity index (χ3n) is 4.28. The molecule has 2 N–H and O–H groups in total. The molecule has 4 heteroatoms. The quantitative estimate of drug-likeness (QED) is 0.856. The molecule has 3 atom stereocenters. The number of piperidine rings is 1. The lowest BCUT2D eigenvalue weighted by Crippen LogP contribution is -2.45. The van der Waals surface area contributed by atoms with Gasteiger partial charge in [0.05, 0.1) is 9.83 Å². The van der Waals surface area contributed by atoms with E-state index >= 15 is 0 Å². The fourth-order valence-corrected chi connectivity index (χ4v) is 4.69. The van der Waals surface area contributed by atoms with Gasteiger partial charge in [0.25, 0.3) is 0 Å². The highest BCUT2D eigenvalue weighted by Crippen LogP contribution is 2.35. The van der Waals surface area contributed by atoms with Gasteiger partial charge in [0.15, 0.2) is 0 Å². The number of thiophene rings is 1. The minimum absolute atomic E-state index is 0.237. The summed E-state index contributed by atoms with van der Waals surface area (Å²) in [6.07, 6.45) is 5.03. The van der Waals surface area contributed by atoms with Gasteiger partial charge in [0, 0.05) is 17.5 Å². The summed E-state index contributed by atoms with van der Waals surface area (Å²) in [4.78, 5) is 4.04. The summed E-state index contributed by atoms with van der Waals surface area (Å²) >= 11 is 5.42. The lowest BCUT2D eigenvalue weighted by atomic mass is 9.92. The first kappa shape index (κ1) is 15.5. The Morgan fingerprint density at radius 2 is 2.26 bits per heavy atom. The number of halogens is 1. The largest absolute Gasteiger partial charge is 0.326 e. The Bertz CT molecular complexity index is 393. The normalized spacial score (nSPS) is 24.3. The molecule has 1 aromatic rings. The van der Waals surface area contributed by atoms with E-state index in [1.165, 1.54) is 41.0 Å². The van der Waals surface area contributed by atoms with E-state index in [9.17, 15) is 0 Å². The minimum atomic E-state index is 0.237. The van der Waals surface area contributed by atoms with Gasteiger partial charge in [0.2, 0.25) is 0 Å². The first-order chi connectivity index (χ1) is 9.15. The maximum Gasteiger partial charge on any atom is 0.0702 e. The molecular weight excluding hydrogens is 320 g/mol. The Kier molecular flexibility index (Phi) is 5.87. The van der Waals surface area contributed by atoms with Crippen molar-refractivity contribution in [1.82, 2.24) is 4.90 Å². The third-order valence-corrected chi connectivity index (χ3v) is 5.98. The van der Waals surface area contributed by atoms with Crippen LogP contribution in [0.25, 0.3) is 0 Å². The monoisotopic (exact) mass is 344 g/mol. The first-order valence-corrected chi connectivity index (χ1v) is 9.01. The molecule has 19 heavy (non-hydrogen) atoms. The second-order valence-electron chi connectivity index (χ2n) is 5.57. The van der Waals surface area contributed by atoms with Crippen LogP contribution in [0.3, 0.4) is 0 Å². The van der Waals surface area contributed by atoms with Crippen molar-refractivity contribution in [2.45, 2.75) is 51.6 Å². The Labute approximate surface area is 129 Å². The van der Waals surface area contributed by atoms with E-state index in [2.05, 4.69) is 46.8 Å². The highest BCUT2D eigenvalue weighted by molar-refractivity contribution is 9.11. The van der Waals surface area contributed by atoms with Crippen LogP contribution in [0, 0.1) is 5.92 Å². The van der Waals surface area contributed by atoms with E-state index in [1.807, 2.05) is 11.3 Å². The van der Waals surface area contributed by atoms with Crippen LogP contribution in [0.2, 0.25) is 0 Å². The molecule has 0 amide bonds. The van der Waals surface area contributed by atoms with Gasteiger partial charge in [-0.3, -0.25) is 4.90 Å².